The predicted octanol–water partition coefficient (Wildman–Crippen LogP) is 4.79. The van der Waals surface area contributed by atoms with E-state index in [1.807, 2.05) is 68.4 Å². The zero-order valence-electron chi connectivity index (χ0n) is 18.3. The second-order valence-corrected chi connectivity index (χ2v) is 8.44. The molecule has 1 unspecified atom stereocenters. The Hall–Kier alpha value is -2.62. The highest BCUT2D eigenvalue weighted by Gasteiger charge is 2.30. The number of benzene rings is 2. The van der Waals surface area contributed by atoms with Crippen molar-refractivity contribution in [2.75, 3.05) is 0 Å². The first kappa shape index (κ1) is 22.1. The van der Waals surface area contributed by atoms with E-state index in [0.29, 0.717) is 19.4 Å². The molecule has 2 aromatic rings. The smallest absolute Gasteiger partial charge is 0.243 e. The van der Waals surface area contributed by atoms with Crippen LogP contribution in [0.4, 0.5) is 0 Å². The van der Waals surface area contributed by atoms with E-state index in [-0.39, 0.29) is 17.9 Å². The summed E-state index contributed by atoms with van der Waals surface area (Å²) in [6.45, 7) is 4.47. The van der Waals surface area contributed by atoms with Crippen LogP contribution in [0.15, 0.2) is 54.6 Å². The monoisotopic (exact) mass is 406 g/mol. The van der Waals surface area contributed by atoms with Crippen LogP contribution in [0.3, 0.4) is 0 Å². The van der Waals surface area contributed by atoms with Gasteiger partial charge in [0.2, 0.25) is 11.8 Å². The third-order valence-electron chi connectivity index (χ3n) is 5.97. The van der Waals surface area contributed by atoms with Crippen LogP contribution in [0.2, 0.25) is 0 Å². The number of rotatable bonds is 8. The summed E-state index contributed by atoms with van der Waals surface area (Å²) in [5, 5.41) is 3.23. The molecule has 1 aliphatic carbocycles. The predicted molar refractivity (Wildman–Crippen MR) is 121 cm³/mol. The fraction of sp³-hybridized carbons (Fsp3) is 0.462. The topological polar surface area (TPSA) is 49.4 Å². The molecule has 0 bridgehead atoms. The minimum absolute atomic E-state index is 0.00454. The average Bonchev–Trinajstić information content (AvgIpc) is 2.75. The summed E-state index contributed by atoms with van der Waals surface area (Å²) in [7, 11) is 0. The average molecular weight is 407 g/mol. The quantitative estimate of drug-likeness (QED) is 0.685. The molecular weight excluding hydrogens is 372 g/mol. The molecule has 1 aliphatic rings. The largest absolute Gasteiger partial charge is 0.352 e. The molecule has 1 fully saturated rings. The van der Waals surface area contributed by atoms with Gasteiger partial charge in [-0.1, -0.05) is 86.3 Å². The van der Waals surface area contributed by atoms with Crippen molar-refractivity contribution in [3.8, 4) is 0 Å². The number of nitrogens with zero attached hydrogens (tertiary/aromatic N) is 1. The molecule has 0 spiro atoms. The molecule has 0 heterocycles. The Morgan fingerprint density at radius 1 is 1.00 bits per heavy atom. The first-order chi connectivity index (χ1) is 14.6. The fourth-order valence-electron chi connectivity index (χ4n) is 4.34. The van der Waals surface area contributed by atoms with E-state index in [9.17, 15) is 9.59 Å². The van der Waals surface area contributed by atoms with E-state index >= 15 is 0 Å². The van der Waals surface area contributed by atoms with Crippen molar-refractivity contribution in [3.63, 3.8) is 0 Å². The lowest BCUT2D eigenvalue weighted by molar-refractivity contribution is -0.141. The Kier molecular flexibility index (Phi) is 8.06. The van der Waals surface area contributed by atoms with Gasteiger partial charge in [-0.2, -0.15) is 0 Å². The molecule has 2 amide bonds. The van der Waals surface area contributed by atoms with Crippen LogP contribution in [0, 0.1) is 6.92 Å². The zero-order chi connectivity index (χ0) is 21.3. The number of nitrogens with one attached hydrogen (secondary N) is 1. The summed E-state index contributed by atoms with van der Waals surface area (Å²) < 4.78 is 0. The Bertz CT molecular complexity index is 828. The van der Waals surface area contributed by atoms with Crippen molar-refractivity contribution < 1.29 is 9.59 Å². The summed E-state index contributed by atoms with van der Waals surface area (Å²) >= 11 is 0. The summed E-state index contributed by atoms with van der Waals surface area (Å²) in [6, 6.07) is 17.8. The number of hydrogen-bond donors (Lipinski definition) is 1. The number of aryl methyl sites for hydroxylation is 1. The Balaban J connectivity index is 1.78. The van der Waals surface area contributed by atoms with Gasteiger partial charge >= 0.3 is 0 Å². The molecule has 0 aliphatic heterocycles. The molecule has 3 rings (SSSR count). The van der Waals surface area contributed by atoms with Crippen LogP contribution in [0.5, 0.6) is 0 Å². The third-order valence-corrected chi connectivity index (χ3v) is 5.97. The van der Waals surface area contributed by atoms with Gasteiger partial charge in [-0.15, -0.1) is 0 Å². The normalized spacial score (nSPS) is 15.4. The zero-order valence-corrected chi connectivity index (χ0v) is 18.3. The lowest BCUT2D eigenvalue weighted by Gasteiger charge is -2.33. The van der Waals surface area contributed by atoms with Crippen molar-refractivity contribution in [3.05, 3.63) is 71.3 Å². The second kappa shape index (κ2) is 11.0. The summed E-state index contributed by atoms with van der Waals surface area (Å²) in [5.74, 6) is -0.0204. The van der Waals surface area contributed by atoms with E-state index in [4.69, 9.17) is 0 Å². The molecule has 1 saturated carbocycles. The van der Waals surface area contributed by atoms with Crippen molar-refractivity contribution in [1.82, 2.24) is 10.2 Å². The summed E-state index contributed by atoms with van der Waals surface area (Å²) in [4.78, 5) is 28.3. The number of carbonyl (C=O) groups is 2. The highest BCUT2D eigenvalue weighted by Crippen LogP contribution is 2.19. The van der Waals surface area contributed by atoms with Gasteiger partial charge in [0.15, 0.2) is 0 Å². The molecule has 160 valence electrons. The fourth-order valence-corrected chi connectivity index (χ4v) is 4.34. The SMILES string of the molecule is CCC(C(=O)NC1CCCCC1)N(Cc1ccccc1)C(=O)Cc1cccc(C)c1. The van der Waals surface area contributed by atoms with Gasteiger partial charge in [0.25, 0.3) is 0 Å². The molecular formula is C26H34N2O2. The minimum atomic E-state index is -0.454. The van der Waals surface area contributed by atoms with Crippen LogP contribution in [0.1, 0.15) is 62.1 Å². The Morgan fingerprint density at radius 2 is 1.70 bits per heavy atom. The maximum atomic E-state index is 13.4. The van der Waals surface area contributed by atoms with Gasteiger partial charge < -0.3 is 10.2 Å². The van der Waals surface area contributed by atoms with E-state index in [2.05, 4.69) is 5.32 Å². The van der Waals surface area contributed by atoms with E-state index < -0.39 is 6.04 Å². The maximum absolute atomic E-state index is 13.4. The molecule has 1 atom stereocenters. The summed E-state index contributed by atoms with van der Waals surface area (Å²) in [5.41, 5.74) is 3.16. The van der Waals surface area contributed by atoms with Gasteiger partial charge in [-0.3, -0.25) is 9.59 Å². The summed E-state index contributed by atoms with van der Waals surface area (Å²) in [6.07, 6.45) is 6.57. The minimum Gasteiger partial charge on any atom is -0.352 e. The molecule has 30 heavy (non-hydrogen) atoms. The number of amides is 2. The number of hydrogen-bond acceptors (Lipinski definition) is 2. The van der Waals surface area contributed by atoms with Crippen molar-refractivity contribution >= 4 is 11.8 Å². The van der Waals surface area contributed by atoms with E-state index in [1.165, 1.54) is 19.3 Å². The van der Waals surface area contributed by atoms with Gasteiger partial charge in [0, 0.05) is 12.6 Å². The van der Waals surface area contributed by atoms with Gasteiger partial charge in [-0.05, 0) is 37.3 Å². The first-order valence-electron chi connectivity index (χ1n) is 11.3. The molecule has 2 aromatic carbocycles. The van der Waals surface area contributed by atoms with Crippen molar-refractivity contribution in [1.29, 1.82) is 0 Å². The van der Waals surface area contributed by atoms with Crippen LogP contribution >= 0.6 is 0 Å². The van der Waals surface area contributed by atoms with E-state index in [0.717, 1.165) is 29.5 Å². The highest BCUT2D eigenvalue weighted by molar-refractivity contribution is 5.88. The Morgan fingerprint density at radius 3 is 2.37 bits per heavy atom. The highest BCUT2D eigenvalue weighted by atomic mass is 16.2. The second-order valence-electron chi connectivity index (χ2n) is 8.44. The lowest BCUT2D eigenvalue weighted by Crippen LogP contribution is -2.51. The van der Waals surface area contributed by atoms with Crippen LogP contribution in [-0.2, 0) is 22.6 Å². The molecule has 0 radical (unpaired) electrons. The van der Waals surface area contributed by atoms with E-state index in [1.54, 1.807) is 4.90 Å². The molecule has 0 aromatic heterocycles. The third kappa shape index (κ3) is 6.19. The van der Waals surface area contributed by atoms with Crippen LogP contribution in [-0.4, -0.2) is 28.8 Å². The number of carbonyl (C=O) groups excluding carboxylic acids is 2. The molecule has 0 saturated heterocycles. The first-order valence-corrected chi connectivity index (χ1v) is 11.3. The van der Waals surface area contributed by atoms with Gasteiger partial charge in [0.1, 0.15) is 6.04 Å². The maximum Gasteiger partial charge on any atom is 0.243 e. The van der Waals surface area contributed by atoms with Gasteiger partial charge in [-0.25, -0.2) is 0 Å². The standard InChI is InChI=1S/C26H34N2O2/c1-3-24(26(30)27-23-15-8-5-9-16-23)28(19-21-12-6-4-7-13-21)25(29)18-22-14-10-11-20(2)17-22/h4,6-7,10-14,17,23-24H,3,5,8-9,15-16,18-19H2,1-2H3,(H,27,30). The Labute approximate surface area is 180 Å². The van der Waals surface area contributed by atoms with Crippen molar-refractivity contribution in [2.45, 2.75) is 77.4 Å². The van der Waals surface area contributed by atoms with Crippen LogP contribution in [0.25, 0.3) is 0 Å². The molecule has 1 N–H and O–H groups in total. The molecule has 4 heteroatoms. The van der Waals surface area contributed by atoms with Crippen LogP contribution < -0.4 is 5.32 Å². The lowest BCUT2D eigenvalue weighted by atomic mass is 9.95. The molecule has 4 nitrogen and oxygen atoms in total. The van der Waals surface area contributed by atoms with Gasteiger partial charge in [0.05, 0.1) is 6.42 Å². The van der Waals surface area contributed by atoms with Crippen molar-refractivity contribution in [2.24, 2.45) is 0 Å².